The first-order valence-electron chi connectivity index (χ1n) is 5.78. The monoisotopic (exact) mass is 213 g/mol. The second-order valence-electron chi connectivity index (χ2n) is 4.41. The van der Waals surface area contributed by atoms with Crippen LogP contribution in [0.3, 0.4) is 0 Å². The molecule has 0 unspecified atom stereocenters. The molecule has 88 valence electrons. The van der Waals surface area contributed by atoms with Crippen LogP contribution in [0.25, 0.3) is 0 Å². The first-order chi connectivity index (χ1) is 7.13. The Morgan fingerprint density at radius 3 is 2.13 bits per heavy atom. The second-order valence-corrected chi connectivity index (χ2v) is 4.41. The van der Waals surface area contributed by atoms with Crippen LogP contribution in [0.15, 0.2) is 0 Å². The lowest BCUT2D eigenvalue weighted by molar-refractivity contribution is -0.130. The number of hydrogen-bond acceptors (Lipinski definition) is 3. The van der Waals surface area contributed by atoms with Gasteiger partial charge in [-0.05, 0) is 13.0 Å². The third kappa shape index (κ3) is 4.18. The van der Waals surface area contributed by atoms with E-state index in [-0.39, 0.29) is 5.91 Å². The highest BCUT2D eigenvalue weighted by molar-refractivity contribution is 5.77. The largest absolute Gasteiger partial charge is 0.348 e. The lowest BCUT2D eigenvalue weighted by atomic mass is 10.3. The first-order valence-corrected chi connectivity index (χ1v) is 5.78. The fourth-order valence-electron chi connectivity index (χ4n) is 1.82. The van der Waals surface area contributed by atoms with Crippen molar-refractivity contribution in [2.45, 2.75) is 13.3 Å². The fraction of sp³-hybridized carbons (Fsp3) is 0.909. The fourth-order valence-corrected chi connectivity index (χ4v) is 1.82. The normalized spacial score (nSPS) is 19.1. The minimum absolute atomic E-state index is 0.207. The van der Waals surface area contributed by atoms with E-state index >= 15 is 0 Å². The third-order valence-electron chi connectivity index (χ3n) is 2.86. The lowest BCUT2D eigenvalue weighted by Gasteiger charge is -2.34. The van der Waals surface area contributed by atoms with Gasteiger partial charge in [0, 0.05) is 40.3 Å². The molecule has 1 rings (SSSR count). The molecule has 15 heavy (non-hydrogen) atoms. The summed E-state index contributed by atoms with van der Waals surface area (Å²) in [7, 11) is 3.63. The summed E-state index contributed by atoms with van der Waals surface area (Å²) in [5, 5.41) is 0. The predicted molar refractivity (Wildman–Crippen MR) is 61.9 cm³/mol. The van der Waals surface area contributed by atoms with Crippen LogP contribution in [0, 0.1) is 0 Å². The number of amides is 1. The Bertz CT molecular complexity index is 198. The topological polar surface area (TPSA) is 26.8 Å². The number of hydrogen-bond donors (Lipinski definition) is 0. The van der Waals surface area contributed by atoms with Gasteiger partial charge < -0.3 is 9.80 Å². The molecule has 0 bridgehead atoms. The highest BCUT2D eigenvalue weighted by Gasteiger charge is 2.18. The van der Waals surface area contributed by atoms with Gasteiger partial charge >= 0.3 is 0 Å². The molecule has 1 heterocycles. The van der Waals surface area contributed by atoms with E-state index in [4.69, 9.17) is 0 Å². The summed E-state index contributed by atoms with van der Waals surface area (Å²) in [6.45, 7) is 8.24. The third-order valence-corrected chi connectivity index (χ3v) is 2.86. The van der Waals surface area contributed by atoms with Gasteiger partial charge in [-0.3, -0.25) is 9.69 Å². The zero-order chi connectivity index (χ0) is 11.3. The minimum atomic E-state index is 0.207. The molecular weight excluding hydrogens is 190 g/mol. The van der Waals surface area contributed by atoms with E-state index in [9.17, 15) is 4.79 Å². The average molecular weight is 213 g/mol. The molecule has 1 aliphatic rings. The molecule has 1 fully saturated rings. The van der Waals surface area contributed by atoms with Crippen LogP contribution >= 0.6 is 0 Å². The maximum Gasteiger partial charge on any atom is 0.236 e. The highest BCUT2D eigenvalue weighted by Crippen LogP contribution is 2.02. The predicted octanol–water partition coefficient (Wildman–Crippen LogP) is 0.102. The number of nitrogens with zero attached hydrogens (tertiary/aromatic N) is 3. The van der Waals surface area contributed by atoms with Crippen molar-refractivity contribution in [1.82, 2.24) is 14.7 Å². The first kappa shape index (κ1) is 12.5. The van der Waals surface area contributed by atoms with Crippen LogP contribution in [-0.4, -0.2) is 74.0 Å². The van der Waals surface area contributed by atoms with E-state index < -0.39 is 0 Å². The molecule has 4 heteroatoms. The van der Waals surface area contributed by atoms with Crippen LogP contribution in [0.2, 0.25) is 0 Å². The van der Waals surface area contributed by atoms with Gasteiger partial charge in [-0.25, -0.2) is 0 Å². The van der Waals surface area contributed by atoms with Gasteiger partial charge in [0.05, 0.1) is 6.54 Å². The molecule has 0 aromatic carbocycles. The Labute approximate surface area is 92.8 Å². The average Bonchev–Trinajstić information content (AvgIpc) is 2.21. The van der Waals surface area contributed by atoms with Crippen LogP contribution < -0.4 is 0 Å². The summed E-state index contributed by atoms with van der Waals surface area (Å²) in [5.41, 5.74) is 0. The lowest BCUT2D eigenvalue weighted by Crippen LogP contribution is -2.49. The zero-order valence-corrected chi connectivity index (χ0v) is 10.2. The van der Waals surface area contributed by atoms with Crippen LogP contribution in [0.1, 0.15) is 13.3 Å². The maximum absolute atomic E-state index is 11.5. The van der Waals surface area contributed by atoms with Crippen LogP contribution in [0.5, 0.6) is 0 Å². The quantitative estimate of drug-likeness (QED) is 0.663. The van der Waals surface area contributed by atoms with Gasteiger partial charge in [0.25, 0.3) is 0 Å². The van der Waals surface area contributed by atoms with Crippen molar-refractivity contribution in [3.8, 4) is 0 Å². The SMILES string of the molecule is CCCN1CCN(CC(=O)N(C)C)CC1. The summed E-state index contributed by atoms with van der Waals surface area (Å²) >= 11 is 0. The molecule has 0 aliphatic carbocycles. The van der Waals surface area contributed by atoms with Gasteiger partial charge in [0.1, 0.15) is 0 Å². The van der Waals surface area contributed by atoms with E-state index in [1.807, 2.05) is 14.1 Å². The van der Waals surface area contributed by atoms with Crippen molar-refractivity contribution in [2.24, 2.45) is 0 Å². The summed E-state index contributed by atoms with van der Waals surface area (Å²) in [4.78, 5) is 17.9. The molecule has 0 spiro atoms. The van der Waals surface area contributed by atoms with Gasteiger partial charge in [-0.1, -0.05) is 6.92 Å². The van der Waals surface area contributed by atoms with E-state index in [1.165, 1.54) is 13.0 Å². The summed E-state index contributed by atoms with van der Waals surface area (Å²) in [5.74, 6) is 0.207. The number of carbonyl (C=O) groups is 1. The molecule has 0 aromatic rings. The Kier molecular flexibility index (Phi) is 5.05. The van der Waals surface area contributed by atoms with Gasteiger partial charge in [0.15, 0.2) is 0 Å². The van der Waals surface area contributed by atoms with E-state index in [0.29, 0.717) is 6.54 Å². The Morgan fingerprint density at radius 2 is 1.67 bits per heavy atom. The molecule has 0 radical (unpaired) electrons. The Hall–Kier alpha value is -0.610. The number of piperazine rings is 1. The van der Waals surface area contributed by atoms with E-state index in [2.05, 4.69) is 16.7 Å². The molecule has 0 atom stereocenters. The van der Waals surface area contributed by atoms with Crippen molar-refractivity contribution in [3.05, 3.63) is 0 Å². The zero-order valence-electron chi connectivity index (χ0n) is 10.2. The smallest absolute Gasteiger partial charge is 0.236 e. The molecule has 1 saturated heterocycles. The molecule has 4 nitrogen and oxygen atoms in total. The molecule has 0 N–H and O–H groups in total. The summed E-state index contributed by atoms with van der Waals surface area (Å²) in [6, 6.07) is 0. The molecule has 1 amide bonds. The Morgan fingerprint density at radius 1 is 1.13 bits per heavy atom. The van der Waals surface area contributed by atoms with E-state index in [1.54, 1.807) is 4.90 Å². The van der Waals surface area contributed by atoms with Gasteiger partial charge in [0.2, 0.25) is 5.91 Å². The van der Waals surface area contributed by atoms with Crippen molar-refractivity contribution < 1.29 is 4.79 Å². The number of carbonyl (C=O) groups excluding carboxylic acids is 1. The van der Waals surface area contributed by atoms with Gasteiger partial charge in [-0.15, -0.1) is 0 Å². The van der Waals surface area contributed by atoms with Gasteiger partial charge in [-0.2, -0.15) is 0 Å². The van der Waals surface area contributed by atoms with E-state index in [0.717, 1.165) is 26.2 Å². The second kappa shape index (κ2) is 6.08. The van der Waals surface area contributed by atoms with Crippen LogP contribution in [0.4, 0.5) is 0 Å². The highest BCUT2D eigenvalue weighted by atomic mass is 16.2. The standard InChI is InChI=1S/C11H23N3O/c1-4-5-13-6-8-14(9-7-13)10-11(15)12(2)3/h4-10H2,1-3H3. The molecule has 0 saturated carbocycles. The maximum atomic E-state index is 11.5. The molecular formula is C11H23N3O. The Balaban J connectivity index is 2.22. The minimum Gasteiger partial charge on any atom is -0.348 e. The van der Waals surface area contributed by atoms with Crippen LogP contribution in [-0.2, 0) is 4.79 Å². The molecule has 0 aromatic heterocycles. The number of rotatable bonds is 4. The van der Waals surface area contributed by atoms with Crippen molar-refractivity contribution in [2.75, 3.05) is 53.4 Å². The van der Waals surface area contributed by atoms with Crippen molar-refractivity contribution >= 4 is 5.91 Å². The molecule has 1 aliphatic heterocycles. The van der Waals surface area contributed by atoms with Crippen molar-refractivity contribution in [3.63, 3.8) is 0 Å². The summed E-state index contributed by atoms with van der Waals surface area (Å²) < 4.78 is 0. The number of likely N-dealkylation sites (N-methyl/N-ethyl adjacent to an activating group) is 1. The van der Waals surface area contributed by atoms with Crippen molar-refractivity contribution in [1.29, 1.82) is 0 Å². The summed E-state index contributed by atoms with van der Waals surface area (Å²) in [6.07, 6.45) is 1.22.